The second kappa shape index (κ2) is 13.6. The molecule has 0 spiro atoms. The van der Waals surface area contributed by atoms with Crippen molar-refractivity contribution >= 4 is 16.6 Å². The Morgan fingerprint density at radius 1 is 0.973 bits per heavy atom. The molecular weight excluding hydrogens is 464 g/mol. The molecule has 3 N–H and O–H groups in total. The second-order valence-electron chi connectivity index (χ2n) is 9.64. The van der Waals surface area contributed by atoms with Gasteiger partial charge in [0.1, 0.15) is 11.6 Å². The van der Waals surface area contributed by atoms with Gasteiger partial charge >= 0.3 is 0 Å². The number of hydrogen-bond acceptors (Lipinski definition) is 7. The average Bonchev–Trinajstić information content (AvgIpc) is 2.92. The Balaban J connectivity index is 1.65. The van der Waals surface area contributed by atoms with E-state index in [4.69, 9.17) is 15.5 Å². The fraction of sp³-hybridized carbons (Fsp3) is 0.517. The first-order chi connectivity index (χ1) is 18.1. The molecule has 0 bridgehead atoms. The lowest BCUT2D eigenvalue weighted by Gasteiger charge is -2.34. The summed E-state index contributed by atoms with van der Waals surface area (Å²) < 4.78 is 7.83. The zero-order chi connectivity index (χ0) is 26.0. The van der Waals surface area contributed by atoms with Crippen molar-refractivity contribution in [3.05, 3.63) is 58.6 Å². The van der Waals surface area contributed by atoms with E-state index >= 15 is 0 Å². The summed E-state index contributed by atoms with van der Waals surface area (Å²) in [4.78, 5) is 23.7. The number of para-hydroxylation sites is 1. The fourth-order valence-corrected chi connectivity index (χ4v) is 4.93. The van der Waals surface area contributed by atoms with Crippen LogP contribution in [0.1, 0.15) is 45.4 Å². The summed E-state index contributed by atoms with van der Waals surface area (Å²) in [5, 5.41) is 4.12. The van der Waals surface area contributed by atoms with E-state index in [1.165, 1.54) is 0 Å². The molecule has 2 aromatic carbocycles. The number of nitrogens with two attached hydrogens (primary N) is 1. The lowest BCUT2D eigenvalue weighted by atomic mass is 10.2. The van der Waals surface area contributed by atoms with Crippen molar-refractivity contribution in [3.8, 4) is 11.4 Å². The molecule has 1 aromatic heterocycles. The third-order valence-electron chi connectivity index (χ3n) is 7.08. The minimum atomic E-state index is -0.0608. The van der Waals surface area contributed by atoms with Gasteiger partial charge in [-0.2, -0.15) is 0 Å². The molecule has 1 fully saturated rings. The normalized spacial score (nSPS) is 14.8. The number of hydrogen-bond donors (Lipinski definition) is 2. The number of ether oxygens (including phenoxy) is 1. The number of aromatic nitrogens is 2. The van der Waals surface area contributed by atoms with Crippen molar-refractivity contribution in [2.75, 3.05) is 57.7 Å². The van der Waals surface area contributed by atoms with E-state index in [1.54, 1.807) is 4.57 Å². The number of piperazine rings is 1. The molecule has 1 aliphatic heterocycles. The third-order valence-corrected chi connectivity index (χ3v) is 7.08. The van der Waals surface area contributed by atoms with Crippen LogP contribution in [0.25, 0.3) is 16.6 Å². The lowest BCUT2D eigenvalue weighted by Crippen LogP contribution is -2.46. The summed E-state index contributed by atoms with van der Waals surface area (Å²) in [6, 6.07) is 13.6. The summed E-state index contributed by atoms with van der Waals surface area (Å²) in [5.41, 5.74) is 7.99. The summed E-state index contributed by atoms with van der Waals surface area (Å²) in [6.45, 7) is 12.0. The standard InChI is InChI=1S/C29H42N6O2/c1-3-33-17-19-34(20-18-33)22-28-32-25-12-8-7-11-24(25)29(36)35(28)26-14-13-23(21-27(26)37-4-2)31-16-10-6-5-9-15-30/h7-8,11-14,21,31H,3-6,9-10,15-20,22,30H2,1-2H3. The first kappa shape index (κ1) is 27.1. The molecule has 200 valence electrons. The molecule has 2 heterocycles. The van der Waals surface area contributed by atoms with E-state index < -0.39 is 0 Å². The molecule has 0 amide bonds. The maximum atomic E-state index is 13.8. The van der Waals surface area contributed by atoms with Gasteiger partial charge in [0.2, 0.25) is 0 Å². The topological polar surface area (TPSA) is 88.7 Å². The molecule has 8 heteroatoms. The Morgan fingerprint density at radius 3 is 2.49 bits per heavy atom. The molecule has 1 aliphatic rings. The van der Waals surface area contributed by atoms with Crippen molar-refractivity contribution in [2.45, 2.75) is 46.1 Å². The molecule has 0 unspecified atom stereocenters. The van der Waals surface area contributed by atoms with Gasteiger partial charge in [-0.15, -0.1) is 0 Å². The SMILES string of the molecule is CCOc1cc(NCCCCCCN)ccc1-n1c(CN2CCN(CC)CC2)nc2ccccc2c1=O. The van der Waals surface area contributed by atoms with Gasteiger partial charge < -0.3 is 20.7 Å². The largest absolute Gasteiger partial charge is 0.492 e. The molecule has 0 radical (unpaired) electrons. The molecule has 0 saturated carbocycles. The third kappa shape index (κ3) is 6.89. The van der Waals surface area contributed by atoms with E-state index in [0.717, 1.165) is 94.2 Å². The molecule has 3 aromatic rings. The minimum absolute atomic E-state index is 0.0608. The van der Waals surface area contributed by atoms with Crippen LogP contribution in [0.3, 0.4) is 0 Å². The van der Waals surface area contributed by atoms with Crippen LogP contribution in [0.15, 0.2) is 47.3 Å². The van der Waals surface area contributed by atoms with E-state index in [1.807, 2.05) is 49.4 Å². The first-order valence-electron chi connectivity index (χ1n) is 13.8. The molecule has 0 aliphatic carbocycles. The van der Waals surface area contributed by atoms with Gasteiger partial charge in [-0.3, -0.25) is 14.3 Å². The number of anilines is 1. The smallest absolute Gasteiger partial charge is 0.266 e. The average molecular weight is 507 g/mol. The molecule has 37 heavy (non-hydrogen) atoms. The maximum Gasteiger partial charge on any atom is 0.266 e. The molecule has 4 rings (SSSR count). The second-order valence-corrected chi connectivity index (χ2v) is 9.64. The van der Waals surface area contributed by atoms with E-state index in [9.17, 15) is 4.79 Å². The van der Waals surface area contributed by atoms with E-state index in [-0.39, 0.29) is 5.56 Å². The van der Waals surface area contributed by atoms with Crippen molar-refractivity contribution in [1.29, 1.82) is 0 Å². The zero-order valence-electron chi connectivity index (χ0n) is 22.4. The Morgan fingerprint density at radius 2 is 1.73 bits per heavy atom. The van der Waals surface area contributed by atoms with Gasteiger partial charge in [-0.05, 0) is 57.1 Å². The molecule has 0 atom stereocenters. The van der Waals surface area contributed by atoms with Gasteiger partial charge in [0.15, 0.2) is 0 Å². The van der Waals surface area contributed by atoms with Gasteiger partial charge in [-0.1, -0.05) is 31.9 Å². The lowest BCUT2D eigenvalue weighted by molar-refractivity contribution is 0.129. The Labute approximate surface area is 220 Å². The fourth-order valence-electron chi connectivity index (χ4n) is 4.93. The number of nitrogens with one attached hydrogen (secondary N) is 1. The number of nitrogens with zero attached hydrogens (tertiary/aromatic N) is 4. The zero-order valence-corrected chi connectivity index (χ0v) is 22.4. The van der Waals surface area contributed by atoms with Gasteiger partial charge in [0.25, 0.3) is 5.56 Å². The predicted octanol–water partition coefficient (Wildman–Crippen LogP) is 3.85. The summed E-state index contributed by atoms with van der Waals surface area (Å²) in [7, 11) is 0. The van der Waals surface area contributed by atoms with Crippen LogP contribution in [0.4, 0.5) is 5.69 Å². The van der Waals surface area contributed by atoms with Crippen LogP contribution in [0.5, 0.6) is 5.75 Å². The molecule has 1 saturated heterocycles. The summed E-state index contributed by atoms with van der Waals surface area (Å²) in [6.07, 6.45) is 4.49. The molecule has 8 nitrogen and oxygen atoms in total. The van der Waals surface area contributed by atoms with Crippen molar-refractivity contribution < 1.29 is 4.74 Å². The highest BCUT2D eigenvalue weighted by Gasteiger charge is 2.21. The number of unbranched alkanes of at least 4 members (excludes halogenated alkanes) is 3. The van der Waals surface area contributed by atoms with Crippen molar-refractivity contribution in [1.82, 2.24) is 19.4 Å². The van der Waals surface area contributed by atoms with Crippen molar-refractivity contribution in [3.63, 3.8) is 0 Å². The summed E-state index contributed by atoms with van der Waals surface area (Å²) in [5.74, 6) is 1.43. The number of likely N-dealkylation sites (N-methyl/N-ethyl adjacent to an activating group) is 1. The summed E-state index contributed by atoms with van der Waals surface area (Å²) >= 11 is 0. The van der Waals surface area contributed by atoms with Crippen LogP contribution < -0.4 is 21.3 Å². The highest BCUT2D eigenvalue weighted by Crippen LogP contribution is 2.28. The number of benzene rings is 2. The first-order valence-corrected chi connectivity index (χ1v) is 13.8. The van der Waals surface area contributed by atoms with Crippen molar-refractivity contribution in [2.24, 2.45) is 5.73 Å². The maximum absolute atomic E-state index is 13.8. The monoisotopic (exact) mass is 506 g/mol. The minimum Gasteiger partial charge on any atom is -0.492 e. The van der Waals surface area contributed by atoms with Crippen LogP contribution in [-0.2, 0) is 6.54 Å². The Kier molecular flexibility index (Phi) is 9.93. The van der Waals surface area contributed by atoms with E-state index in [0.29, 0.717) is 24.3 Å². The van der Waals surface area contributed by atoms with Crippen LogP contribution in [0.2, 0.25) is 0 Å². The number of fused-ring (bicyclic) bond motifs is 1. The van der Waals surface area contributed by atoms with Crippen LogP contribution in [0, 0.1) is 0 Å². The predicted molar refractivity (Wildman–Crippen MR) is 152 cm³/mol. The highest BCUT2D eigenvalue weighted by molar-refractivity contribution is 5.78. The van der Waals surface area contributed by atoms with E-state index in [2.05, 4.69) is 22.0 Å². The Hall–Kier alpha value is -2.94. The Bertz CT molecular complexity index is 1200. The highest BCUT2D eigenvalue weighted by atomic mass is 16.5. The van der Waals surface area contributed by atoms with Crippen LogP contribution >= 0.6 is 0 Å². The van der Waals surface area contributed by atoms with Gasteiger partial charge in [0.05, 0.1) is 29.7 Å². The molecular formula is C29H42N6O2. The van der Waals surface area contributed by atoms with Crippen LogP contribution in [-0.4, -0.2) is 71.8 Å². The number of rotatable bonds is 13. The quantitative estimate of drug-likeness (QED) is 0.340. The van der Waals surface area contributed by atoms with Gasteiger partial charge in [0, 0.05) is 44.5 Å². The van der Waals surface area contributed by atoms with Gasteiger partial charge in [-0.25, -0.2) is 4.98 Å².